The van der Waals surface area contributed by atoms with Crippen molar-refractivity contribution in [3.05, 3.63) is 59.7 Å². The first-order valence-electron chi connectivity index (χ1n) is 8.77. The Labute approximate surface area is 158 Å². The van der Waals surface area contributed by atoms with Crippen molar-refractivity contribution in [1.82, 2.24) is 15.0 Å². The molecule has 0 atom stereocenters. The van der Waals surface area contributed by atoms with Gasteiger partial charge in [-0.3, -0.25) is 0 Å². The molecule has 2 aromatic carbocycles. The van der Waals surface area contributed by atoms with E-state index in [9.17, 15) is 9.90 Å². The van der Waals surface area contributed by atoms with E-state index in [4.69, 9.17) is 4.74 Å². The quantitative estimate of drug-likeness (QED) is 0.558. The molecule has 0 fully saturated rings. The predicted molar refractivity (Wildman–Crippen MR) is 104 cm³/mol. The Balaban J connectivity index is 1.93. The van der Waals surface area contributed by atoms with E-state index in [1.807, 2.05) is 18.2 Å². The van der Waals surface area contributed by atoms with Crippen LogP contribution < -0.4 is 0 Å². The van der Waals surface area contributed by atoms with E-state index >= 15 is 0 Å². The van der Waals surface area contributed by atoms with Crippen LogP contribution in [-0.4, -0.2) is 26.1 Å². The van der Waals surface area contributed by atoms with Gasteiger partial charge in [0.2, 0.25) is 0 Å². The molecule has 0 spiro atoms. The molecule has 0 aliphatic rings. The van der Waals surface area contributed by atoms with Crippen molar-refractivity contribution in [2.45, 2.75) is 39.7 Å². The number of carbonyl (C=O) groups excluding carboxylic acids is 1. The van der Waals surface area contributed by atoms with Crippen LogP contribution in [-0.2, 0) is 21.6 Å². The molecular weight excluding hydrogens is 342 g/mol. The average molecular weight is 365 g/mol. The number of carbonyl (C=O) groups is 1. The van der Waals surface area contributed by atoms with Gasteiger partial charge in [0.05, 0.1) is 0 Å². The highest BCUT2D eigenvalue weighted by Crippen LogP contribution is 2.27. The molecule has 1 N–H and O–H groups in total. The summed E-state index contributed by atoms with van der Waals surface area (Å²) >= 11 is 0. The third-order valence-corrected chi connectivity index (χ3v) is 4.19. The third-order valence-electron chi connectivity index (χ3n) is 4.19. The van der Waals surface area contributed by atoms with Gasteiger partial charge in [-0.2, -0.15) is 0 Å². The fourth-order valence-corrected chi connectivity index (χ4v) is 2.65. The lowest BCUT2D eigenvalue weighted by atomic mass is 9.87. The van der Waals surface area contributed by atoms with Crippen LogP contribution in [0.25, 0.3) is 16.7 Å². The maximum atomic E-state index is 11.5. The zero-order valence-corrected chi connectivity index (χ0v) is 15.9. The molecule has 0 aliphatic carbocycles. The molecule has 3 aromatic rings. The van der Waals surface area contributed by atoms with Gasteiger partial charge in [0.15, 0.2) is 0 Å². The lowest BCUT2D eigenvalue weighted by Gasteiger charge is -2.18. The van der Waals surface area contributed by atoms with Gasteiger partial charge in [0.25, 0.3) is 0 Å². The summed E-state index contributed by atoms with van der Waals surface area (Å²) < 4.78 is 5.15. The zero-order chi connectivity index (χ0) is 19.6. The van der Waals surface area contributed by atoms with Crippen LogP contribution in [0, 0.1) is 0 Å². The summed E-state index contributed by atoms with van der Waals surface area (Å²) in [6.07, 6.45) is 2.98. The molecule has 6 heteroatoms. The minimum absolute atomic E-state index is 0.0108. The molecule has 1 heterocycles. The van der Waals surface area contributed by atoms with Crippen LogP contribution in [0.2, 0.25) is 0 Å². The second-order valence-electron chi connectivity index (χ2n) is 7.37. The normalized spacial score (nSPS) is 12.0. The van der Waals surface area contributed by atoms with Crippen molar-refractivity contribution in [3.8, 4) is 11.4 Å². The minimum atomic E-state index is -0.412. The number of esters is 1. The van der Waals surface area contributed by atoms with Gasteiger partial charge >= 0.3 is 5.97 Å². The van der Waals surface area contributed by atoms with Crippen LogP contribution in [0.5, 0.6) is 5.75 Å². The third kappa shape index (κ3) is 4.16. The summed E-state index contributed by atoms with van der Waals surface area (Å²) in [7, 11) is 0. The van der Waals surface area contributed by atoms with Crippen molar-refractivity contribution in [2.24, 2.45) is 0 Å². The number of nitrogens with zero attached hydrogens (tertiary/aromatic N) is 3. The minimum Gasteiger partial charge on any atom is -0.506 e. The molecular formula is C21H23N3O3. The number of phenolic OH excluding ortho intramolecular Hbond substituents is 1. The highest BCUT2D eigenvalue weighted by atomic mass is 16.5. The van der Waals surface area contributed by atoms with Gasteiger partial charge in [-0.25, -0.2) is 4.79 Å². The number of hydrogen-bond donors (Lipinski definition) is 1. The number of aromatic nitrogens is 3. The van der Waals surface area contributed by atoms with E-state index in [0.717, 1.165) is 22.2 Å². The summed E-state index contributed by atoms with van der Waals surface area (Å²) in [5, 5.41) is 19.2. The van der Waals surface area contributed by atoms with Gasteiger partial charge in [0.1, 0.15) is 29.1 Å². The van der Waals surface area contributed by atoms with E-state index in [1.54, 1.807) is 31.2 Å². The molecule has 0 saturated carbocycles. The van der Waals surface area contributed by atoms with Crippen LogP contribution in [0.1, 0.15) is 38.8 Å². The van der Waals surface area contributed by atoms with Crippen molar-refractivity contribution < 1.29 is 14.6 Å². The molecule has 6 nitrogen and oxygen atoms in total. The highest BCUT2D eigenvalue weighted by molar-refractivity contribution is 5.81. The van der Waals surface area contributed by atoms with Gasteiger partial charge in [-0.15, -0.1) is 15.0 Å². The largest absolute Gasteiger partial charge is 0.506 e. The molecule has 1 aromatic heterocycles. The van der Waals surface area contributed by atoms with Crippen molar-refractivity contribution in [1.29, 1.82) is 0 Å². The Morgan fingerprint density at radius 3 is 2.59 bits per heavy atom. The number of ether oxygens (including phenoxy) is 1. The molecule has 0 radical (unpaired) electrons. The standard InChI is InChI=1S/C21H23N3O3/c1-5-6-20(26)27-13-14-7-10-19(25)18(11-14)24-22-16-9-8-15(21(2,3)4)12-17(16)23-24/h5-12,25H,13H2,1-4H3. The van der Waals surface area contributed by atoms with E-state index in [2.05, 4.69) is 31.0 Å². The number of allylic oxidation sites excluding steroid dienone is 1. The molecule has 140 valence electrons. The Bertz CT molecular complexity index is 1010. The predicted octanol–water partition coefficient (Wildman–Crippen LogP) is 4.04. The fourth-order valence-electron chi connectivity index (χ4n) is 2.65. The van der Waals surface area contributed by atoms with E-state index < -0.39 is 5.97 Å². The molecule has 0 amide bonds. The maximum Gasteiger partial charge on any atom is 0.330 e. The number of rotatable bonds is 4. The highest BCUT2D eigenvalue weighted by Gasteiger charge is 2.16. The topological polar surface area (TPSA) is 77.2 Å². The second-order valence-corrected chi connectivity index (χ2v) is 7.37. The van der Waals surface area contributed by atoms with Gasteiger partial charge in [-0.1, -0.05) is 39.0 Å². The lowest BCUT2D eigenvalue weighted by molar-refractivity contribution is -0.139. The first-order valence-corrected chi connectivity index (χ1v) is 8.77. The fraction of sp³-hybridized carbons (Fsp3) is 0.286. The number of aromatic hydroxyl groups is 1. The summed E-state index contributed by atoms with van der Waals surface area (Å²) in [5.41, 5.74) is 3.84. The zero-order valence-electron chi connectivity index (χ0n) is 15.9. The van der Waals surface area contributed by atoms with Crippen molar-refractivity contribution in [2.75, 3.05) is 0 Å². The van der Waals surface area contributed by atoms with E-state index in [0.29, 0.717) is 5.69 Å². The molecule has 27 heavy (non-hydrogen) atoms. The Kier molecular flexibility index (Phi) is 4.99. The molecule has 0 bridgehead atoms. The Morgan fingerprint density at radius 1 is 1.15 bits per heavy atom. The summed E-state index contributed by atoms with van der Waals surface area (Å²) in [6.45, 7) is 8.28. The first kappa shape index (κ1) is 18.6. The van der Waals surface area contributed by atoms with E-state index in [1.165, 1.54) is 10.9 Å². The number of phenols is 1. The number of hydrogen-bond acceptors (Lipinski definition) is 5. The van der Waals surface area contributed by atoms with Crippen molar-refractivity contribution in [3.63, 3.8) is 0 Å². The summed E-state index contributed by atoms with van der Waals surface area (Å²) in [6, 6.07) is 10.9. The average Bonchev–Trinajstić information content (AvgIpc) is 3.03. The SMILES string of the molecule is CC=CC(=O)OCc1ccc(O)c(-n2nc3ccc(C(C)(C)C)cc3n2)c1. The first-order chi connectivity index (χ1) is 12.8. The van der Waals surface area contributed by atoms with Crippen molar-refractivity contribution >= 4 is 17.0 Å². The van der Waals surface area contributed by atoms with Crippen LogP contribution in [0.3, 0.4) is 0 Å². The molecule has 0 aliphatic heterocycles. The Hall–Kier alpha value is -3.15. The number of fused-ring (bicyclic) bond motifs is 1. The van der Waals surface area contributed by atoms with Crippen LogP contribution in [0.4, 0.5) is 0 Å². The molecule has 0 saturated heterocycles. The van der Waals surface area contributed by atoms with Crippen LogP contribution in [0.15, 0.2) is 48.6 Å². The summed E-state index contributed by atoms with van der Waals surface area (Å²) in [5.74, 6) is -0.361. The van der Waals surface area contributed by atoms with Gasteiger partial charge < -0.3 is 9.84 Å². The van der Waals surface area contributed by atoms with Gasteiger partial charge in [0, 0.05) is 6.08 Å². The maximum absolute atomic E-state index is 11.5. The second kappa shape index (κ2) is 7.23. The van der Waals surface area contributed by atoms with Crippen LogP contribution >= 0.6 is 0 Å². The molecule has 0 unspecified atom stereocenters. The van der Waals surface area contributed by atoms with Gasteiger partial charge in [-0.05, 0) is 47.7 Å². The monoisotopic (exact) mass is 365 g/mol. The lowest BCUT2D eigenvalue weighted by Crippen LogP contribution is -2.10. The van der Waals surface area contributed by atoms with E-state index in [-0.39, 0.29) is 17.8 Å². The number of benzene rings is 2. The Morgan fingerprint density at radius 2 is 1.89 bits per heavy atom. The molecule has 3 rings (SSSR count). The summed E-state index contributed by atoms with van der Waals surface area (Å²) in [4.78, 5) is 12.9. The smallest absolute Gasteiger partial charge is 0.330 e.